The fraction of sp³-hybridized carbons (Fsp3) is 0.174. The molecule has 0 aliphatic rings. The first-order valence-electron chi connectivity index (χ1n) is 8.81. The van der Waals surface area contributed by atoms with Crippen molar-refractivity contribution in [3.8, 4) is 11.5 Å². The van der Waals surface area contributed by atoms with E-state index in [1.54, 1.807) is 6.07 Å². The molecule has 0 saturated carbocycles. The predicted octanol–water partition coefficient (Wildman–Crippen LogP) is 5.53. The van der Waals surface area contributed by atoms with Gasteiger partial charge in [0.1, 0.15) is 11.5 Å². The highest BCUT2D eigenvalue weighted by Crippen LogP contribution is 2.23. The average Bonchev–Trinajstić information content (AvgIpc) is 2.67. The van der Waals surface area contributed by atoms with Gasteiger partial charge in [0.15, 0.2) is 0 Å². The van der Waals surface area contributed by atoms with Gasteiger partial charge in [-0.15, -0.1) is 0 Å². The van der Waals surface area contributed by atoms with E-state index in [1.165, 1.54) is 0 Å². The first-order chi connectivity index (χ1) is 12.6. The summed E-state index contributed by atoms with van der Waals surface area (Å²) in [6, 6.07) is 27.1. The van der Waals surface area contributed by atoms with Crippen molar-refractivity contribution >= 4 is 5.91 Å². The van der Waals surface area contributed by atoms with E-state index in [0.717, 1.165) is 11.3 Å². The highest BCUT2D eigenvalue weighted by molar-refractivity contribution is 5.94. The second-order valence-electron chi connectivity index (χ2n) is 6.46. The average molecular weight is 345 g/mol. The van der Waals surface area contributed by atoms with Crippen molar-refractivity contribution in [3.63, 3.8) is 0 Å². The molecule has 0 aliphatic heterocycles. The molecular formula is C23H23NO2. The van der Waals surface area contributed by atoms with Crippen molar-refractivity contribution in [2.45, 2.75) is 26.4 Å². The molecule has 0 saturated heterocycles. The van der Waals surface area contributed by atoms with Gasteiger partial charge in [0.25, 0.3) is 5.91 Å². The number of carbonyl (C=O) groups excluding carboxylic acids is 1. The molecule has 1 amide bonds. The quantitative estimate of drug-likeness (QED) is 0.588. The molecular weight excluding hydrogens is 322 g/mol. The summed E-state index contributed by atoms with van der Waals surface area (Å²) in [4.78, 5) is 14.9. The molecule has 0 spiro atoms. The maximum atomic E-state index is 13.1. The van der Waals surface area contributed by atoms with Crippen LogP contribution in [-0.2, 0) is 6.54 Å². The third kappa shape index (κ3) is 4.51. The summed E-state index contributed by atoms with van der Waals surface area (Å²) in [5.74, 6) is 1.41. The number of hydrogen-bond donors (Lipinski definition) is 0. The van der Waals surface area contributed by atoms with Gasteiger partial charge in [0.2, 0.25) is 0 Å². The van der Waals surface area contributed by atoms with E-state index < -0.39 is 0 Å². The van der Waals surface area contributed by atoms with E-state index in [9.17, 15) is 4.79 Å². The van der Waals surface area contributed by atoms with Crippen LogP contribution in [0, 0.1) is 0 Å². The molecule has 0 heterocycles. The van der Waals surface area contributed by atoms with E-state index in [4.69, 9.17) is 4.74 Å². The lowest BCUT2D eigenvalue weighted by molar-refractivity contribution is 0.0690. The van der Waals surface area contributed by atoms with Crippen LogP contribution in [0.15, 0.2) is 84.9 Å². The molecule has 3 aromatic carbocycles. The Hall–Kier alpha value is -3.07. The third-order valence-corrected chi connectivity index (χ3v) is 4.14. The van der Waals surface area contributed by atoms with E-state index in [2.05, 4.69) is 0 Å². The number of carbonyl (C=O) groups is 1. The lowest BCUT2D eigenvalue weighted by atomic mass is 10.1. The smallest absolute Gasteiger partial charge is 0.254 e. The van der Waals surface area contributed by atoms with Gasteiger partial charge in [0.05, 0.1) is 0 Å². The summed E-state index contributed by atoms with van der Waals surface area (Å²) in [6.07, 6.45) is 0. The number of nitrogens with zero attached hydrogens (tertiary/aromatic N) is 1. The second kappa shape index (κ2) is 8.34. The van der Waals surface area contributed by atoms with Crippen LogP contribution in [0.1, 0.15) is 29.8 Å². The fourth-order valence-corrected chi connectivity index (χ4v) is 2.75. The molecule has 3 heteroatoms. The molecule has 0 N–H and O–H groups in total. The van der Waals surface area contributed by atoms with Gasteiger partial charge in [0, 0.05) is 18.2 Å². The van der Waals surface area contributed by atoms with E-state index in [-0.39, 0.29) is 11.9 Å². The molecule has 0 unspecified atom stereocenters. The van der Waals surface area contributed by atoms with Crippen LogP contribution in [-0.4, -0.2) is 16.8 Å². The summed E-state index contributed by atoms with van der Waals surface area (Å²) in [6.45, 7) is 4.65. The van der Waals surface area contributed by atoms with Gasteiger partial charge >= 0.3 is 0 Å². The minimum Gasteiger partial charge on any atom is -0.457 e. The molecule has 132 valence electrons. The van der Waals surface area contributed by atoms with Crippen molar-refractivity contribution in [3.05, 3.63) is 96.1 Å². The Morgan fingerprint density at radius 3 is 2.12 bits per heavy atom. The van der Waals surface area contributed by atoms with Crippen LogP contribution in [0.4, 0.5) is 0 Å². The summed E-state index contributed by atoms with van der Waals surface area (Å²) in [5.41, 5.74) is 1.74. The summed E-state index contributed by atoms with van der Waals surface area (Å²) in [5, 5.41) is 0. The summed E-state index contributed by atoms with van der Waals surface area (Å²) in [7, 11) is 0. The highest BCUT2D eigenvalue weighted by Gasteiger charge is 2.19. The van der Waals surface area contributed by atoms with Gasteiger partial charge in [-0.25, -0.2) is 0 Å². The maximum absolute atomic E-state index is 13.1. The molecule has 0 fully saturated rings. The summed E-state index contributed by atoms with van der Waals surface area (Å²) < 4.78 is 5.86. The van der Waals surface area contributed by atoms with Crippen LogP contribution in [0.5, 0.6) is 11.5 Å². The molecule has 3 aromatic rings. The lowest BCUT2D eigenvalue weighted by Gasteiger charge is -2.27. The maximum Gasteiger partial charge on any atom is 0.254 e. The Morgan fingerprint density at radius 1 is 0.846 bits per heavy atom. The first-order valence-corrected chi connectivity index (χ1v) is 8.81. The van der Waals surface area contributed by atoms with Crippen molar-refractivity contribution in [1.29, 1.82) is 0 Å². The van der Waals surface area contributed by atoms with Gasteiger partial charge in [-0.2, -0.15) is 0 Å². The molecule has 0 aliphatic carbocycles. The van der Waals surface area contributed by atoms with Gasteiger partial charge < -0.3 is 9.64 Å². The Morgan fingerprint density at radius 2 is 1.46 bits per heavy atom. The Balaban J connectivity index is 1.79. The predicted molar refractivity (Wildman–Crippen MR) is 104 cm³/mol. The van der Waals surface area contributed by atoms with Crippen LogP contribution in [0.25, 0.3) is 0 Å². The van der Waals surface area contributed by atoms with Crippen LogP contribution in [0.3, 0.4) is 0 Å². The van der Waals surface area contributed by atoms with Crippen LogP contribution in [0.2, 0.25) is 0 Å². The molecule has 3 rings (SSSR count). The number of para-hydroxylation sites is 1. The number of rotatable bonds is 6. The van der Waals surface area contributed by atoms with Gasteiger partial charge in [-0.1, -0.05) is 54.6 Å². The van der Waals surface area contributed by atoms with Crippen molar-refractivity contribution in [1.82, 2.24) is 4.90 Å². The van der Waals surface area contributed by atoms with E-state index >= 15 is 0 Å². The molecule has 0 aromatic heterocycles. The molecule has 0 atom stereocenters. The van der Waals surface area contributed by atoms with Crippen molar-refractivity contribution in [2.24, 2.45) is 0 Å². The zero-order chi connectivity index (χ0) is 18.4. The number of hydrogen-bond acceptors (Lipinski definition) is 2. The monoisotopic (exact) mass is 345 g/mol. The molecule has 3 nitrogen and oxygen atoms in total. The van der Waals surface area contributed by atoms with Gasteiger partial charge in [-0.3, -0.25) is 4.79 Å². The molecule has 0 bridgehead atoms. The van der Waals surface area contributed by atoms with Crippen molar-refractivity contribution < 1.29 is 9.53 Å². The topological polar surface area (TPSA) is 29.5 Å². The minimum absolute atomic E-state index is 0.00219. The van der Waals surface area contributed by atoms with Crippen LogP contribution >= 0.6 is 0 Å². The molecule has 26 heavy (non-hydrogen) atoms. The zero-order valence-electron chi connectivity index (χ0n) is 15.1. The zero-order valence-corrected chi connectivity index (χ0v) is 15.1. The summed E-state index contributed by atoms with van der Waals surface area (Å²) >= 11 is 0. The molecule has 0 radical (unpaired) electrons. The van der Waals surface area contributed by atoms with Gasteiger partial charge in [-0.05, 0) is 49.7 Å². The third-order valence-electron chi connectivity index (χ3n) is 4.14. The minimum atomic E-state index is 0.00219. The van der Waals surface area contributed by atoms with Crippen LogP contribution < -0.4 is 4.74 Å². The second-order valence-corrected chi connectivity index (χ2v) is 6.46. The number of benzene rings is 3. The largest absolute Gasteiger partial charge is 0.457 e. The SMILES string of the molecule is CC(C)N(Cc1ccccc1)C(=O)c1cccc(Oc2ccccc2)c1. The fourth-order valence-electron chi connectivity index (χ4n) is 2.75. The van der Waals surface area contributed by atoms with E-state index in [0.29, 0.717) is 17.9 Å². The Bertz CT molecular complexity index is 844. The lowest BCUT2D eigenvalue weighted by Crippen LogP contribution is -2.36. The van der Waals surface area contributed by atoms with Crippen molar-refractivity contribution in [2.75, 3.05) is 0 Å². The first kappa shape index (κ1) is 17.7. The Kier molecular flexibility index (Phi) is 5.69. The Labute approximate surface area is 154 Å². The number of amides is 1. The van der Waals surface area contributed by atoms with E-state index in [1.807, 2.05) is 97.6 Å². The standard InChI is InChI=1S/C23H23NO2/c1-18(2)24(17-19-10-5-3-6-11-19)23(25)20-12-9-15-22(16-20)26-21-13-7-4-8-14-21/h3-16,18H,17H2,1-2H3. The number of ether oxygens (including phenoxy) is 1. The normalized spacial score (nSPS) is 10.6. The highest BCUT2D eigenvalue weighted by atomic mass is 16.5.